The Hall–Kier alpha value is -1.63. The van der Waals surface area contributed by atoms with Gasteiger partial charge in [0.15, 0.2) is 6.04 Å². The summed E-state index contributed by atoms with van der Waals surface area (Å²) >= 11 is 0. The number of hydrogen-bond donors (Lipinski definition) is 2. The predicted molar refractivity (Wildman–Crippen MR) is 66.2 cm³/mol. The summed E-state index contributed by atoms with van der Waals surface area (Å²) in [5.74, 6) is -1.92. The van der Waals surface area contributed by atoms with Crippen LogP contribution in [-0.4, -0.2) is 53.6 Å². The van der Waals surface area contributed by atoms with Crippen molar-refractivity contribution in [3.05, 3.63) is 0 Å². The highest BCUT2D eigenvalue weighted by Crippen LogP contribution is 2.20. The van der Waals surface area contributed by atoms with E-state index in [1.165, 1.54) is 4.90 Å². The smallest absolute Gasteiger partial charge is 0.332 e. The van der Waals surface area contributed by atoms with Gasteiger partial charge >= 0.3 is 11.9 Å². The van der Waals surface area contributed by atoms with Crippen LogP contribution in [0, 0.1) is 5.92 Å². The molecule has 0 saturated carbocycles. The van der Waals surface area contributed by atoms with E-state index in [-0.39, 0.29) is 18.9 Å². The third-order valence-corrected chi connectivity index (χ3v) is 3.20. The Morgan fingerprint density at radius 2 is 1.95 bits per heavy atom. The molecule has 1 aliphatic rings. The van der Waals surface area contributed by atoms with E-state index in [0.717, 1.165) is 0 Å². The van der Waals surface area contributed by atoms with Crippen LogP contribution < -0.4 is 5.73 Å². The molecular weight excluding hydrogens is 252 g/mol. The van der Waals surface area contributed by atoms with Gasteiger partial charge in [0.25, 0.3) is 5.91 Å². The lowest BCUT2D eigenvalue weighted by Gasteiger charge is -2.32. The minimum atomic E-state index is -1.28. The molecule has 0 aromatic heterocycles. The lowest BCUT2D eigenvalue weighted by molar-refractivity contribution is -0.151. The molecule has 0 aromatic carbocycles. The Balaban J connectivity index is 2.44. The van der Waals surface area contributed by atoms with Crippen LogP contribution in [0.4, 0.5) is 0 Å². The zero-order valence-corrected chi connectivity index (χ0v) is 11.0. The summed E-state index contributed by atoms with van der Waals surface area (Å²) in [7, 11) is 0. The average molecular weight is 272 g/mol. The number of nitrogens with zero attached hydrogens (tertiary/aromatic N) is 1. The number of rotatable bonds is 5. The molecule has 0 radical (unpaired) electrons. The van der Waals surface area contributed by atoms with E-state index in [1.54, 1.807) is 6.92 Å². The highest BCUT2D eigenvalue weighted by atomic mass is 16.5. The number of hydrogen-bond acceptors (Lipinski definition) is 5. The van der Waals surface area contributed by atoms with E-state index in [9.17, 15) is 14.4 Å². The van der Waals surface area contributed by atoms with Crippen molar-refractivity contribution in [2.24, 2.45) is 11.7 Å². The van der Waals surface area contributed by atoms with Gasteiger partial charge in [0.1, 0.15) is 0 Å². The van der Waals surface area contributed by atoms with Crippen LogP contribution in [0.2, 0.25) is 0 Å². The first-order chi connectivity index (χ1) is 8.95. The number of esters is 1. The SMILES string of the molecule is CCOC(=O)C(N)C(=O)N1CCC(CC(=O)O)CC1. The lowest BCUT2D eigenvalue weighted by atomic mass is 9.93. The second-order valence-electron chi connectivity index (χ2n) is 4.60. The van der Waals surface area contributed by atoms with E-state index >= 15 is 0 Å². The maximum Gasteiger partial charge on any atom is 0.332 e. The van der Waals surface area contributed by atoms with Gasteiger partial charge < -0.3 is 20.5 Å². The van der Waals surface area contributed by atoms with Gasteiger partial charge in [-0.15, -0.1) is 0 Å². The molecule has 1 aliphatic heterocycles. The van der Waals surface area contributed by atoms with Gasteiger partial charge in [-0.05, 0) is 25.7 Å². The summed E-state index contributed by atoms with van der Waals surface area (Å²) in [4.78, 5) is 35.4. The number of carboxylic acids is 1. The quantitative estimate of drug-likeness (QED) is 0.520. The maximum atomic E-state index is 11.9. The monoisotopic (exact) mass is 272 g/mol. The van der Waals surface area contributed by atoms with Gasteiger partial charge in [-0.3, -0.25) is 9.59 Å². The number of carbonyl (C=O) groups excluding carboxylic acids is 2. The molecule has 0 bridgehead atoms. The molecule has 0 aromatic rings. The van der Waals surface area contributed by atoms with Crippen molar-refractivity contribution in [3.63, 3.8) is 0 Å². The molecule has 0 aliphatic carbocycles. The number of aliphatic carboxylic acids is 1. The predicted octanol–water partition coefficient (Wildman–Crippen LogP) is -0.410. The van der Waals surface area contributed by atoms with Crippen molar-refractivity contribution in [1.29, 1.82) is 0 Å². The van der Waals surface area contributed by atoms with E-state index in [2.05, 4.69) is 0 Å². The van der Waals surface area contributed by atoms with Gasteiger partial charge in [0, 0.05) is 19.5 Å². The van der Waals surface area contributed by atoms with E-state index in [4.69, 9.17) is 15.6 Å². The van der Waals surface area contributed by atoms with Gasteiger partial charge in [0.05, 0.1) is 6.61 Å². The molecule has 1 atom stereocenters. The summed E-state index contributed by atoms with van der Waals surface area (Å²) in [5, 5.41) is 8.70. The summed E-state index contributed by atoms with van der Waals surface area (Å²) in [6, 6.07) is -1.28. The summed E-state index contributed by atoms with van der Waals surface area (Å²) in [5.41, 5.74) is 5.53. The second kappa shape index (κ2) is 7.08. The maximum absolute atomic E-state index is 11.9. The first kappa shape index (κ1) is 15.4. The van der Waals surface area contributed by atoms with Crippen molar-refractivity contribution < 1.29 is 24.2 Å². The minimum absolute atomic E-state index is 0.0837. The highest BCUT2D eigenvalue weighted by Gasteiger charge is 2.31. The fourth-order valence-electron chi connectivity index (χ4n) is 2.13. The Kier molecular flexibility index (Phi) is 5.75. The Bertz CT molecular complexity index is 350. The molecule has 1 unspecified atom stereocenters. The van der Waals surface area contributed by atoms with Gasteiger partial charge in [-0.1, -0.05) is 0 Å². The number of carboxylic acid groups (broad SMARTS) is 1. The number of amides is 1. The van der Waals surface area contributed by atoms with Crippen molar-refractivity contribution >= 4 is 17.8 Å². The fourth-order valence-corrected chi connectivity index (χ4v) is 2.13. The Morgan fingerprint density at radius 1 is 1.37 bits per heavy atom. The number of piperidine rings is 1. The van der Waals surface area contributed by atoms with Crippen LogP contribution in [0.15, 0.2) is 0 Å². The van der Waals surface area contributed by atoms with E-state index in [0.29, 0.717) is 25.9 Å². The van der Waals surface area contributed by atoms with Crippen molar-refractivity contribution in [3.8, 4) is 0 Å². The molecule has 1 heterocycles. The van der Waals surface area contributed by atoms with Crippen LogP contribution in [0.5, 0.6) is 0 Å². The van der Waals surface area contributed by atoms with Gasteiger partial charge in [-0.25, -0.2) is 4.79 Å². The number of likely N-dealkylation sites (tertiary alicyclic amines) is 1. The Labute approximate surface area is 111 Å². The standard InChI is InChI=1S/C12H20N2O5/c1-2-19-12(18)10(13)11(17)14-5-3-8(4-6-14)7-9(15)16/h8,10H,2-7,13H2,1H3,(H,15,16). The van der Waals surface area contributed by atoms with E-state index in [1.807, 2.05) is 0 Å². The normalized spacial score (nSPS) is 17.9. The topological polar surface area (TPSA) is 110 Å². The van der Waals surface area contributed by atoms with Crippen LogP contribution in [-0.2, 0) is 19.1 Å². The molecule has 1 fully saturated rings. The molecular formula is C12H20N2O5. The van der Waals surface area contributed by atoms with Gasteiger partial charge in [0.2, 0.25) is 0 Å². The van der Waals surface area contributed by atoms with E-state index < -0.39 is 23.9 Å². The van der Waals surface area contributed by atoms with Crippen molar-refractivity contribution in [2.75, 3.05) is 19.7 Å². The highest BCUT2D eigenvalue weighted by molar-refractivity contribution is 6.01. The number of nitrogens with two attached hydrogens (primary N) is 1. The number of ether oxygens (including phenoxy) is 1. The number of carbonyl (C=O) groups is 3. The summed E-state index contributed by atoms with van der Waals surface area (Å²) < 4.78 is 4.70. The van der Waals surface area contributed by atoms with Crippen LogP contribution in [0.3, 0.4) is 0 Å². The molecule has 108 valence electrons. The minimum Gasteiger partial charge on any atom is -0.481 e. The lowest BCUT2D eigenvalue weighted by Crippen LogP contribution is -2.51. The third kappa shape index (κ3) is 4.51. The summed E-state index contributed by atoms with van der Waals surface area (Å²) in [6.07, 6.45) is 1.35. The van der Waals surface area contributed by atoms with Gasteiger partial charge in [-0.2, -0.15) is 0 Å². The zero-order valence-electron chi connectivity index (χ0n) is 11.0. The Morgan fingerprint density at radius 3 is 2.42 bits per heavy atom. The van der Waals surface area contributed by atoms with Crippen LogP contribution in [0.1, 0.15) is 26.2 Å². The molecule has 1 amide bonds. The molecule has 1 saturated heterocycles. The first-order valence-corrected chi connectivity index (χ1v) is 6.38. The second-order valence-corrected chi connectivity index (χ2v) is 4.60. The molecule has 7 heteroatoms. The zero-order chi connectivity index (χ0) is 14.4. The molecule has 1 rings (SSSR count). The largest absolute Gasteiger partial charge is 0.481 e. The first-order valence-electron chi connectivity index (χ1n) is 6.38. The van der Waals surface area contributed by atoms with Crippen LogP contribution >= 0.6 is 0 Å². The average Bonchev–Trinajstić information content (AvgIpc) is 2.37. The molecule has 0 spiro atoms. The molecule has 3 N–H and O–H groups in total. The molecule has 7 nitrogen and oxygen atoms in total. The third-order valence-electron chi connectivity index (χ3n) is 3.20. The van der Waals surface area contributed by atoms with Crippen molar-refractivity contribution in [2.45, 2.75) is 32.2 Å². The molecule has 19 heavy (non-hydrogen) atoms. The fraction of sp³-hybridized carbons (Fsp3) is 0.750. The van der Waals surface area contributed by atoms with Crippen LogP contribution in [0.25, 0.3) is 0 Å². The summed E-state index contributed by atoms with van der Waals surface area (Å²) in [6.45, 7) is 2.70. The van der Waals surface area contributed by atoms with Crippen molar-refractivity contribution in [1.82, 2.24) is 4.90 Å².